The molecular formula is C21H34N4O2. The molecule has 2 rings (SSSR count). The van der Waals surface area contributed by atoms with Crippen molar-refractivity contribution < 1.29 is 9.59 Å². The van der Waals surface area contributed by atoms with Gasteiger partial charge in [0.15, 0.2) is 0 Å². The maximum absolute atomic E-state index is 12.9. The number of carbonyl (C=O) groups is 2. The van der Waals surface area contributed by atoms with E-state index in [0.29, 0.717) is 17.8 Å². The minimum atomic E-state index is -0.102. The van der Waals surface area contributed by atoms with Gasteiger partial charge in [-0.15, -0.1) is 0 Å². The van der Waals surface area contributed by atoms with Crippen LogP contribution in [0.5, 0.6) is 0 Å². The summed E-state index contributed by atoms with van der Waals surface area (Å²) < 4.78 is 0. The average molecular weight is 375 g/mol. The summed E-state index contributed by atoms with van der Waals surface area (Å²) in [6, 6.07) is 5.68. The van der Waals surface area contributed by atoms with Gasteiger partial charge in [0.2, 0.25) is 5.91 Å². The largest absolute Gasteiger partial charge is 0.371 e. The number of piperidine rings is 1. The first-order valence-electron chi connectivity index (χ1n) is 10.0. The molecule has 1 aliphatic heterocycles. The van der Waals surface area contributed by atoms with Crippen molar-refractivity contribution in [3.63, 3.8) is 0 Å². The molecule has 0 radical (unpaired) electrons. The van der Waals surface area contributed by atoms with E-state index < -0.39 is 0 Å². The SMILES string of the molecule is CC(C)C(=O)Nc1ccc(N2CCCCC2)c(C(=O)NCCCN(C)C)c1. The van der Waals surface area contributed by atoms with Gasteiger partial charge in [0.05, 0.1) is 5.56 Å². The van der Waals surface area contributed by atoms with E-state index in [9.17, 15) is 9.59 Å². The Kier molecular flexibility index (Phi) is 8.10. The maximum atomic E-state index is 12.9. The summed E-state index contributed by atoms with van der Waals surface area (Å²) in [7, 11) is 4.05. The quantitative estimate of drug-likeness (QED) is 0.687. The standard InChI is InChI=1S/C21H34N4O2/c1-16(2)20(26)23-17-9-10-19(25-13-6-5-7-14-25)18(15-17)21(27)22-11-8-12-24(3)4/h9-10,15-16H,5-8,11-14H2,1-4H3,(H,22,27)(H,23,26). The number of amides is 2. The molecule has 0 spiro atoms. The minimum absolute atomic E-state index is 0.0435. The van der Waals surface area contributed by atoms with Gasteiger partial charge in [-0.2, -0.15) is 0 Å². The fourth-order valence-electron chi connectivity index (χ4n) is 3.19. The van der Waals surface area contributed by atoms with E-state index in [2.05, 4.69) is 20.4 Å². The van der Waals surface area contributed by atoms with Gasteiger partial charge in [-0.25, -0.2) is 0 Å². The lowest BCUT2D eigenvalue weighted by Crippen LogP contribution is -2.33. The predicted molar refractivity (Wildman–Crippen MR) is 111 cm³/mol. The molecule has 0 saturated carbocycles. The third-order valence-corrected chi connectivity index (χ3v) is 4.80. The van der Waals surface area contributed by atoms with Gasteiger partial charge in [0, 0.05) is 36.9 Å². The molecule has 0 atom stereocenters. The zero-order valence-electron chi connectivity index (χ0n) is 17.2. The van der Waals surface area contributed by atoms with Gasteiger partial charge in [-0.1, -0.05) is 13.8 Å². The van der Waals surface area contributed by atoms with Crippen molar-refractivity contribution in [2.45, 2.75) is 39.5 Å². The number of rotatable bonds is 8. The number of carbonyl (C=O) groups excluding carboxylic acids is 2. The first-order chi connectivity index (χ1) is 12.9. The maximum Gasteiger partial charge on any atom is 0.253 e. The van der Waals surface area contributed by atoms with Crippen LogP contribution in [0, 0.1) is 5.92 Å². The van der Waals surface area contributed by atoms with Crippen LogP contribution in [0.1, 0.15) is 49.9 Å². The van der Waals surface area contributed by atoms with Crippen molar-refractivity contribution in [2.75, 3.05) is 50.5 Å². The lowest BCUT2D eigenvalue weighted by molar-refractivity contribution is -0.118. The molecule has 1 aromatic carbocycles. The fraction of sp³-hybridized carbons (Fsp3) is 0.619. The molecule has 1 heterocycles. The molecule has 27 heavy (non-hydrogen) atoms. The third kappa shape index (κ3) is 6.54. The second kappa shape index (κ2) is 10.3. The van der Waals surface area contributed by atoms with E-state index >= 15 is 0 Å². The topological polar surface area (TPSA) is 64.7 Å². The Morgan fingerprint density at radius 3 is 2.48 bits per heavy atom. The van der Waals surface area contributed by atoms with E-state index in [1.165, 1.54) is 6.42 Å². The molecule has 1 saturated heterocycles. The summed E-state index contributed by atoms with van der Waals surface area (Å²) in [6.07, 6.45) is 4.44. The normalized spacial score (nSPS) is 14.5. The lowest BCUT2D eigenvalue weighted by Gasteiger charge is -2.30. The molecule has 2 N–H and O–H groups in total. The molecule has 1 aromatic rings. The highest BCUT2D eigenvalue weighted by Gasteiger charge is 2.20. The predicted octanol–water partition coefficient (Wildman–Crippen LogP) is 2.95. The van der Waals surface area contributed by atoms with Crippen LogP contribution in [0.25, 0.3) is 0 Å². The zero-order chi connectivity index (χ0) is 19.8. The van der Waals surface area contributed by atoms with Gasteiger partial charge in [-0.05, 0) is 64.5 Å². The third-order valence-electron chi connectivity index (χ3n) is 4.80. The molecule has 0 bridgehead atoms. The Morgan fingerprint density at radius 1 is 1.15 bits per heavy atom. The fourth-order valence-corrected chi connectivity index (χ4v) is 3.19. The van der Waals surface area contributed by atoms with Crippen molar-refractivity contribution in [1.82, 2.24) is 10.2 Å². The molecule has 2 amide bonds. The van der Waals surface area contributed by atoms with Crippen LogP contribution < -0.4 is 15.5 Å². The van der Waals surface area contributed by atoms with E-state index in [1.54, 1.807) is 0 Å². The smallest absolute Gasteiger partial charge is 0.253 e. The Morgan fingerprint density at radius 2 is 1.85 bits per heavy atom. The average Bonchev–Trinajstić information content (AvgIpc) is 2.65. The van der Waals surface area contributed by atoms with Crippen molar-refractivity contribution in [2.24, 2.45) is 5.92 Å². The van der Waals surface area contributed by atoms with Crippen LogP contribution >= 0.6 is 0 Å². The molecule has 1 aliphatic rings. The highest BCUT2D eigenvalue weighted by atomic mass is 16.2. The van der Waals surface area contributed by atoms with Crippen molar-refractivity contribution in [1.29, 1.82) is 0 Å². The zero-order valence-corrected chi connectivity index (χ0v) is 17.2. The van der Waals surface area contributed by atoms with Crippen LogP contribution in [0.4, 0.5) is 11.4 Å². The van der Waals surface area contributed by atoms with Gasteiger partial charge in [0.25, 0.3) is 5.91 Å². The summed E-state index contributed by atoms with van der Waals surface area (Å²) in [5.74, 6) is -0.219. The molecule has 0 unspecified atom stereocenters. The van der Waals surface area contributed by atoms with E-state index in [-0.39, 0.29) is 17.7 Å². The van der Waals surface area contributed by atoms with Crippen molar-refractivity contribution in [3.05, 3.63) is 23.8 Å². The Bertz CT molecular complexity index is 637. The molecule has 0 aromatic heterocycles. The highest BCUT2D eigenvalue weighted by molar-refractivity contribution is 6.02. The number of nitrogens with one attached hydrogen (secondary N) is 2. The van der Waals surface area contributed by atoms with Crippen LogP contribution in [0.15, 0.2) is 18.2 Å². The first-order valence-corrected chi connectivity index (χ1v) is 10.0. The number of benzene rings is 1. The van der Waals surface area contributed by atoms with Gasteiger partial charge in [-0.3, -0.25) is 9.59 Å². The van der Waals surface area contributed by atoms with Crippen molar-refractivity contribution >= 4 is 23.2 Å². The summed E-state index contributed by atoms with van der Waals surface area (Å²) in [5.41, 5.74) is 2.28. The second-order valence-electron chi connectivity index (χ2n) is 7.84. The van der Waals surface area contributed by atoms with E-state index in [1.807, 2.05) is 46.1 Å². The number of anilines is 2. The summed E-state index contributed by atoms with van der Waals surface area (Å²) in [4.78, 5) is 29.3. The summed E-state index contributed by atoms with van der Waals surface area (Å²) in [5, 5.41) is 5.94. The second-order valence-corrected chi connectivity index (χ2v) is 7.84. The number of hydrogen-bond acceptors (Lipinski definition) is 4. The lowest BCUT2D eigenvalue weighted by atomic mass is 10.1. The van der Waals surface area contributed by atoms with Gasteiger partial charge >= 0.3 is 0 Å². The van der Waals surface area contributed by atoms with E-state index in [4.69, 9.17) is 0 Å². The molecule has 0 aliphatic carbocycles. The molecule has 6 heteroatoms. The minimum Gasteiger partial charge on any atom is -0.371 e. The monoisotopic (exact) mass is 374 g/mol. The summed E-state index contributed by atoms with van der Waals surface area (Å²) >= 11 is 0. The summed E-state index contributed by atoms with van der Waals surface area (Å²) in [6.45, 7) is 7.23. The van der Waals surface area contributed by atoms with Gasteiger partial charge in [0.1, 0.15) is 0 Å². The van der Waals surface area contributed by atoms with Crippen molar-refractivity contribution in [3.8, 4) is 0 Å². The van der Waals surface area contributed by atoms with E-state index in [0.717, 1.165) is 44.6 Å². The highest BCUT2D eigenvalue weighted by Crippen LogP contribution is 2.27. The molecule has 1 fully saturated rings. The van der Waals surface area contributed by atoms with Crippen LogP contribution in [-0.2, 0) is 4.79 Å². The molecule has 6 nitrogen and oxygen atoms in total. The van der Waals surface area contributed by atoms with Crippen LogP contribution in [-0.4, -0.2) is 57.0 Å². The molecule has 150 valence electrons. The Balaban J connectivity index is 2.17. The Hall–Kier alpha value is -2.08. The van der Waals surface area contributed by atoms with Crippen LogP contribution in [0.2, 0.25) is 0 Å². The van der Waals surface area contributed by atoms with Crippen LogP contribution in [0.3, 0.4) is 0 Å². The molecular weight excluding hydrogens is 340 g/mol. The van der Waals surface area contributed by atoms with Gasteiger partial charge < -0.3 is 20.4 Å². The number of hydrogen-bond donors (Lipinski definition) is 2. The number of nitrogens with zero attached hydrogens (tertiary/aromatic N) is 2. The first kappa shape index (κ1) is 21.2. The Labute approximate surface area is 163 Å².